The van der Waals surface area contributed by atoms with Crippen LogP contribution in [0.15, 0.2) is 41.1 Å². The van der Waals surface area contributed by atoms with Crippen molar-refractivity contribution in [2.24, 2.45) is 0 Å². The molecule has 31 heavy (non-hydrogen) atoms. The van der Waals surface area contributed by atoms with Crippen molar-refractivity contribution < 1.29 is 18.0 Å². The highest BCUT2D eigenvalue weighted by molar-refractivity contribution is 7.92. The maximum atomic E-state index is 12.7. The molecule has 0 bridgehead atoms. The number of piperazine rings is 1. The SMILES string of the molecule is O=C(Cc1csc(N2CCCC2=O)n1)N1CCN(S(=O)(=O)/C=C/c2ccccc2)CC1. The van der Waals surface area contributed by atoms with Crippen molar-refractivity contribution >= 4 is 44.4 Å². The Balaban J connectivity index is 1.30. The Morgan fingerprint density at radius 2 is 1.84 bits per heavy atom. The molecule has 10 heteroatoms. The van der Waals surface area contributed by atoms with Crippen LogP contribution in [0.1, 0.15) is 24.1 Å². The standard InChI is InChI=1S/C21H24N4O4S2/c26-19-7-4-9-25(19)21-22-18(16-30-21)15-20(27)23-10-12-24(13-11-23)31(28,29)14-8-17-5-2-1-3-6-17/h1-3,5-6,8,14,16H,4,7,9-13,15H2/b14-8+. The summed E-state index contributed by atoms with van der Waals surface area (Å²) in [7, 11) is -3.53. The first-order chi connectivity index (χ1) is 14.9. The average Bonchev–Trinajstić information content (AvgIpc) is 3.41. The van der Waals surface area contributed by atoms with E-state index in [9.17, 15) is 18.0 Å². The molecule has 2 aliphatic heterocycles. The molecule has 1 aromatic carbocycles. The van der Waals surface area contributed by atoms with Crippen molar-refractivity contribution in [3.05, 3.63) is 52.4 Å². The van der Waals surface area contributed by atoms with Crippen LogP contribution in [-0.4, -0.2) is 67.1 Å². The molecule has 164 valence electrons. The lowest BCUT2D eigenvalue weighted by Gasteiger charge is -2.33. The first-order valence-electron chi connectivity index (χ1n) is 10.2. The second-order valence-corrected chi connectivity index (χ2v) is 10.1. The molecule has 3 heterocycles. The number of rotatable bonds is 6. The summed E-state index contributed by atoms with van der Waals surface area (Å²) < 4.78 is 26.6. The molecule has 0 aliphatic carbocycles. The number of carbonyl (C=O) groups is 2. The Labute approximate surface area is 185 Å². The summed E-state index contributed by atoms with van der Waals surface area (Å²) in [6.07, 6.45) is 3.11. The number of carbonyl (C=O) groups excluding carboxylic acids is 2. The van der Waals surface area contributed by atoms with Crippen LogP contribution in [0.5, 0.6) is 0 Å². The molecule has 8 nitrogen and oxygen atoms in total. The van der Waals surface area contributed by atoms with Gasteiger partial charge in [-0.15, -0.1) is 11.3 Å². The Bertz CT molecular complexity index is 1070. The molecule has 2 saturated heterocycles. The first-order valence-corrected chi connectivity index (χ1v) is 12.6. The van der Waals surface area contributed by atoms with Crippen molar-refractivity contribution in [3.8, 4) is 0 Å². The van der Waals surface area contributed by atoms with Crippen LogP contribution in [0.25, 0.3) is 6.08 Å². The molecule has 4 rings (SSSR count). The van der Waals surface area contributed by atoms with Gasteiger partial charge in [0.05, 0.1) is 12.1 Å². The molecule has 0 N–H and O–H groups in total. The van der Waals surface area contributed by atoms with E-state index in [-0.39, 0.29) is 31.3 Å². The number of thiazole rings is 1. The van der Waals surface area contributed by atoms with Crippen LogP contribution in [0.4, 0.5) is 5.13 Å². The van der Waals surface area contributed by atoms with Gasteiger partial charge in [-0.05, 0) is 18.1 Å². The molecule has 0 radical (unpaired) electrons. The van der Waals surface area contributed by atoms with Gasteiger partial charge in [0.2, 0.25) is 21.8 Å². The van der Waals surface area contributed by atoms with Gasteiger partial charge < -0.3 is 4.90 Å². The van der Waals surface area contributed by atoms with Crippen LogP contribution in [0, 0.1) is 0 Å². The maximum Gasteiger partial charge on any atom is 0.236 e. The van der Waals surface area contributed by atoms with Gasteiger partial charge in [0.25, 0.3) is 0 Å². The van der Waals surface area contributed by atoms with Crippen molar-refractivity contribution in [2.75, 3.05) is 37.6 Å². The third-order valence-corrected chi connectivity index (χ3v) is 7.84. The fourth-order valence-electron chi connectivity index (χ4n) is 3.63. The summed E-state index contributed by atoms with van der Waals surface area (Å²) in [6, 6.07) is 9.26. The topological polar surface area (TPSA) is 90.9 Å². The normalized spacial score (nSPS) is 18.3. The summed E-state index contributed by atoms with van der Waals surface area (Å²) in [6.45, 7) is 1.89. The maximum absolute atomic E-state index is 12.7. The van der Waals surface area contributed by atoms with E-state index in [0.717, 1.165) is 12.0 Å². The zero-order valence-electron chi connectivity index (χ0n) is 17.0. The average molecular weight is 461 g/mol. The minimum atomic E-state index is -3.53. The van der Waals surface area contributed by atoms with E-state index in [1.54, 1.807) is 15.9 Å². The zero-order valence-corrected chi connectivity index (χ0v) is 18.6. The quantitative estimate of drug-likeness (QED) is 0.657. The second-order valence-electron chi connectivity index (χ2n) is 7.49. The molecule has 0 saturated carbocycles. The molecular formula is C21H24N4O4S2. The predicted molar refractivity (Wildman–Crippen MR) is 120 cm³/mol. The Morgan fingerprint density at radius 3 is 2.52 bits per heavy atom. The lowest BCUT2D eigenvalue weighted by molar-refractivity contribution is -0.131. The molecule has 0 unspecified atom stereocenters. The highest BCUT2D eigenvalue weighted by Gasteiger charge is 2.28. The van der Waals surface area contributed by atoms with E-state index in [1.807, 2.05) is 35.7 Å². The van der Waals surface area contributed by atoms with E-state index in [0.29, 0.717) is 36.9 Å². The minimum absolute atomic E-state index is 0.0749. The van der Waals surface area contributed by atoms with E-state index < -0.39 is 10.0 Å². The van der Waals surface area contributed by atoms with Gasteiger partial charge in [0.1, 0.15) is 0 Å². The zero-order chi connectivity index (χ0) is 21.8. The number of aromatic nitrogens is 1. The van der Waals surface area contributed by atoms with Gasteiger partial charge in [-0.3, -0.25) is 14.5 Å². The third kappa shape index (κ3) is 5.20. The number of amides is 2. The smallest absolute Gasteiger partial charge is 0.236 e. The fourth-order valence-corrected chi connectivity index (χ4v) is 5.67. The van der Waals surface area contributed by atoms with E-state index in [2.05, 4.69) is 4.98 Å². The highest BCUT2D eigenvalue weighted by Crippen LogP contribution is 2.25. The van der Waals surface area contributed by atoms with Crippen LogP contribution < -0.4 is 4.90 Å². The fraction of sp³-hybridized carbons (Fsp3) is 0.381. The van der Waals surface area contributed by atoms with Gasteiger partial charge in [0.15, 0.2) is 5.13 Å². The number of nitrogens with zero attached hydrogens (tertiary/aromatic N) is 4. The lowest BCUT2D eigenvalue weighted by atomic mass is 10.2. The molecule has 2 amide bonds. The van der Waals surface area contributed by atoms with E-state index >= 15 is 0 Å². The molecule has 0 atom stereocenters. The molecule has 2 fully saturated rings. The van der Waals surface area contributed by atoms with Crippen molar-refractivity contribution in [2.45, 2.75) is 19.3 Å². The summed E-state index contributed by atoms with van der Waals surface area (Å²) in [4.78, 5) is 32.3. The largest absolute Gasteiger partial charge is 0.340 e. The monoisotopic (exact) mass is 460 g/mol. The molecule has 2 aliphatic rings. The lowest BCUT2D eigenvalue weighted by Crippen LogP contribution is -2.50. The van der Waals surface area contributed by atoms with Gasteiger partial charge in [-0.2, -0.15) is 4.31 Å². The van der Waals surface area contributed by atoms with E-state index in [4.69, 9.17) is 0 Å². The third-order valence-electron chi connectivity index (χ3n) is 5.36. The Morgan fingerprint density at radius 1 is 1.10 bits per heavy atom. The second kappa shape index (κ2) is 9.29. The first kappa shape index (κ1) is 21.7. The minimum Gasteiger partial charge on any atom is -0.340 e. The molecular weight excluding hydrogens is 436 g/mol. The number of anilines is 1. The van der Waals surface area contributed by atoms with Gasteiger partial charge in [-0.25, -0.2) is 13.4 Å². The highest BCUT2D eigenvalue weighted by atomic mass is 32.2. The van der Waals surface area contributed by atoms with E-state index in [1.165, 1.54) is 21.1 Å². The summed E-state index contributed by atoms with van der Waals surface area (Å²) in [5.74, 6) is -0.00709. The molecule has 0 spiro atoms. The molecule has 2 aromatic rings. The Kier molecular flexibility index (Phi) is 6.49. The van der Waals surface area contributed by atoms with Crippen LogP contribution in [0.2, 0.25) is 0 Å². The van der Waals surface area contributed by atoms with Gasteiger partial charge in [-0.1, -0.05) is 30.3 Å². The number of benzene rings is 1. The number of hydrogen-bond donors (Lipinski definition) is 0. The Hall–Kier alpha value is -2.56. The van der Waals surface area contributed by atoms with Crippen molar-refractivity contribution in [1.82, 2.24) is 14.2 Å². The summed E-state index contributed by atoms with van der Waals surface area (Å²) >= 11 is 1.37. The van der Waals surface area contributed by atoms with Crippen LogP contribution in [-0.2, 0) is 26.0 Å². The number of hydrogen-bond acceptors (Lipinski definition) is 6. The number of sulfonamides is 1. The van der Waals surface area contributed by atoms with Crippen LogP contribution in [0.3, 0.4) is 0 Å². The van der Waals surface area contributed by atoms with Crippen LogP contribution >= 0.6 is 11.3 Å². The van der Waals surface area contributed by atoms with Gasteiger partial charge in [0, 0.05) is 49.9 Å². The predicted octanol–water partition coefficient (Wildman–Crippen LogP) is 1.96. The summed E-state index contributed by atoms with van der Waals surface area (Å²) in [5.41, 5.74) is 1.46. The van der Waals surface area contributed by atoms with Crippen molar-refractivity contribution in [1.29, 1.82) is 0 Å². The van der Waals surface area contributed by atoms with Gasteiger partial charge >= 0.3 is 0 Å². The van der Waals surface area contributed by atoms with Crippen molar-refractivity contribution in [3.63, 3.8) is 0 Å². The summed E-state index contributed by atoms with van der Waals surface area (Å²) in [5, 5.41) is 3.68. The molecule has 1 aromatic heterocycles.